The minimum atomic E-state index is -3.74. The van der Waals surface area contributed by atoms with Gasteiger partial charge in [-0.2, -0.15) is 4.31 Å². The van der Waals surface area contributed by atoms with Crippen molar-refractivity contribution in [3.05, 3.63) is 46.8 Å². The van der Waals surface area contributed by atoms with Gasteiger partial charge in [0, 0.05) is 26.2 Å². The molecule has 1 aliphatic heterocycles. The molecular weight excluding hydrogens is 468 g/mol. The minimum absolute atomic E-state index is 0.0893. The summed E-state index contributed by atoms with van der Waals surface area (Å²) in [6, 6.07) is 6.66. The number of nitrogens with two attached hydrogens (primary N) is 1. The van der Waals surface area contributed by atoms with Crippen LogP contribution in [0.15, 0.2) is 40.6 Å². The van der Waals surface area contributed by atoms with Crippen LogP contribution in [0.25, 0.3) is 0 Å². The van der Waals surface area contributed by atoms with Crippen LogP contribution in [0.3, 0.4) is 0 Å². The number of hydrogen-bond acceptors (Lipinski definition) is 8. The molecule has 1 aromatic heterocycles. The number of benzene rings is 1. The molecule has 1 aromatic carbocycles. The normalized spacial score (nSPS) is 16.2. The van der Waals surface area contributed by atoms with Crippen molar-refractivity contribution in [1.29, 1.82) is 0 Å². The number of carbonyl (C=O) groups excluding carboxylic acids is 3. The van der Waals surface area contributed by atoms with E-state index in [2.05, 4.69) is 5.32 Å². The van der Waals surface area contributed by atoms with Crippen LogP contribution in [0.5, 0.6) is 0 Å². The first-order valence-electron chi connectivity index (χ1n) is 10.3. The number of hydrogen-bond donors (Lipinski definition) is 2. The Morgan fingerprint density at radius 2 is 1.76 bits per heavy atom. The predicted molar refractivity (Wildman–Crippen MR) is 124 cm³/mol. The Morgan fingerprint density at radius 1 is 1.12 bits per heavy atom. The Hall–Kier alpha value is -2.80. The summed E-state index contributed by atoms with van der Waals surface area (Å²) in [5.74, 6) is -1.42. The van der Waals surface area contributed by atoms with Gasteiger partial charge in [0.25, 0.3) is 5.91 Å². The van der Waals surface area contributed by atoms with E-state index in [0.29, 0.717) is 18.1 Å². The molecule has 178 valence electrons. The molecule has 0 bridgehead atoms. The molecule has 3 rings (SSSR count). The van der Waals surface area contributed by atoms with Crippen molar-refractivity contribution < 1.29 is 27.5 Å². The van der Waals surface area contributed by atoms with Crippen molar-refractivity contribution in [3.8, 4) is 0 Å². The van der Waals surface area contributed by atoms with Crippen molar-refractivity contribution in [3.63, 3.8) is 0 Å². The lowest BCUT2D eigenvalue weighted by molar-refractivity contribution is -0.121. The number of carbonyl (C=O) groups is 3. The number of rotatable bonds is 8. The molecule has 1 atom stereocenters. The van der Waals surface area contributed by atoms with Crippen LogP contribution in [-0.2, 0) is 19.6 Å². The van der Waals surface area contributed by atoms with Crippen molar-refractivity contribution >= 4 is 44.1 Å². The van der Waals surface area contributed by atoms with E-state index in [0.717, 1.165) is 0 Å². The third-order valence-electron chi connectivity index (χ3n) is 5.37. The van der Waals surface area contributed by atoms with Gasteiger partial charge in [0.05, 0.1) is 28.7 Å². The average Bonchev–Trinajstić information content (AvgIpc) is 3.27. The van der Waals surface area contributed by atoms with Gasteiger partial charge in [-0.25, -0.2) is 13.2 Å². The van der Waals surface area contributed by atoms with E-state index < -0.39 is 27.9 Å². The standard InChI is InChI=1S/C21H26N4O6S2/c1-3-31-21(28)15-4-6-16(7-5-15)33(29,30)25-11-9-24(10-12-25)14(2)19(27)23-20-17(18(22)26)8-13-32-20/h4-8,13-14H,3,9-12H2,1-2H3,(H2,22,26)(H,23,27)/t14-/m1/s1. The molecule has 1 aliphatic rings. The molecule has 0 spiro atoms. The molecule has 0 saturated carbocycles. The van der Waals surface area contributed by atoms with Crippen LogP contribution >= 0.6 is 11.3 Å². The average molecular weight is 495 g/mol. The van der Waals surface area contributed by atoms with Gasteiger partial charge in [0.1, 0.15) is 5.00 Å². The Morgan fingerprint density at radius 3 is 2.33 bits per heavy atom. The zero-order valence-electron chi connectivity index (χ0n) is 18.3. The number of primary amides is 1. The lowest BCUT2D eigenvalue weighted by Gasteiger charge is -2.36. The Kier molecular flexibility index (Phi) is 7.84. The molecule has 0 aliphatic carbocycles. The minimum Gasteiger partial charge on any atom is -0.462 e. The first kappa shape index (κ1) is 24.8. The molecule has 2 heterocycles. The van der Waals surface area contributed by atoms with Gasteiger partial charge in [0.15, 0.2) is 0 Å². The number of thiophene rings is 1. The fourth-order valence-corrected chi connectivity index (χ4v) is 5.66. The highest BCUT2D eigenvalue weighted by Gasteiger charge is 2.32. The topological polar surface area (TPSA) is 139 Å². The Labute approximate surface area is 196 Å². The largest absolute Gasteiger partial charge is 0.462 e. The summed E-state index contributed by atoms with van der Waals surface area (Å²) in [6.45, 7) is 4.81. The fraction of sp³-hybridized carbons (Fsp3) is 0.381. The van der Waals surface area contributed by atoms with E-state index in [9.17, 15) is 22.8 Å². The molecule has 1 saturated heterocycles. The maximum atomic E-state index is 13.0. The summed E-state index contributed by atoms with van der Waals surface area (Å²) < 4.78 is 32.2. The highest BCUT2D eigenvalue weighted by Crippen LogP contribution is 2.24. The molecule has 3 N–H and O–H groups in total. The van der Waals surface area contributed by atoms with Crippen molar-refractivity contribution in [2.24, 2.45) is 5.73 Å². The molecule has 0 radical (unpaired) electrons. The zero-order valence-corrected chi connectivity index (χ0v) is 19.9. The lowest BCUT2D eigenvalue weighted by Crippen LogP contribution is -2.53. The van der Waals surface area contributed by atoms with Gasteiger partial charge in [-0.15, -0.1) is 11.3 Å². The third kappa shape index (κ3) is 5.58. The van der Waals surface area contributed by atoms with Gasteiger partial charge in [-0.3, -0.25) is 14.5 Å². The van der Waals surface area contributed by atoms with Crippen LogP contribution in [0, 0.1) is 0 Å². The van der Waals surface area contributed by atoms with E-state index in [1.807, 2.05) is 4.90 Å². The second-order valence-corrected chi connectivity index (χ2v) is 10.2. The molecule has 1 fully saturated rings. The Bertz CT molecular complexity index is 1120. The van der Waals surface area contributed by atoms with Crippen molar-refractivity contribution in [1.82, 2.24) is 9.21 Å². The molecule has 12 heteroatoms. The van der Waals surface area contributed by atoms with Gasteiger partial charge in [-0.05, 0) is 49.6 Å². The number of amides is 2. The lowest BCUT2D eigenvalue weighted by atomic mass is 10.2. The van der Waals surface area contributed by atoms with Gasteiger partial charge in [0.2, 0.25) is 15.9 Å². The zero-order chi connectivity index (χ0) is 24.2. The van der Waals surface area contributed by atoms with Crippen LogP contribution < -0.4 is 11.1 Å². The SMILES string of the molecule is CCOC(=O)c1ccc(S(=O)(=O)N2CCN([C@H](C)C(=O)Nc3sccc3C(N)=O)CC2)cc1. The van der Waals surface area contributed by atoms with E-state index >= 15 is 0 Å². The summed E-state index contributed by atoms with van der Waals surface area (Å²) >= 11 is 1.21. The van der Waals surface area contributed by atoms with E-state index in [1.165, 1.54) is 39.9 Å². The smallest absolute Gasteiger partial charge is 0.338 e. The monoisotopic (exact) mass is 494 g/mol. The molecular formula is C21H26N4O6S2. The highest BCUT2D eigenvalue weighted by atomic mass is 32.2. The van der Waals surface area contributed by atoms with E-state index in [-0.39, 0.29) is 41.6 Å². The second kappa shape index (κ2) is 10.4. The molecule has 2 amide bonds. The van der Waals surface area contributed by atoms with Gasteiger partial charge < -0.3 is 15.8 Å². The number of sulfonamides is 1. The summed E-state index contributed by atoms with van der Waals surface area (Å²) in [7, 11) is -3.74. The van der Waals surface area contributed by atoms with Gasteiger partial charge >= 0.3 is 5.97 Å². The van der Waals surface area contributed by atoms with Crippen LogP contribution in [-0.4, -0.2) is 74.2 Å². The van der Waals surface area contributed by atoms with Crippen LogP contribution in [0.4, 0.5) is 5.00 Å². The van der Waals surface area contributed by atoms with E-state index in [4.69, 9.17) is 10.5 Å². The number of esters is 1. The number of anilines is 1. The van der Waals surface area contributed by atoms with Crippen LogP contribution in [0.2, 0.25) is 0 Å². The molecule has 2 aromatic rings. The number of nitrogens with one attached hydrogen (secondary N) is 1. The summed E-state index contributed by atoms with van der Waals surface area (Å²) in [5, 5.41) is 4.79. The van der Waals surface area contributed by atoms with Crippen molar-refractivity contribution in [2.45, 2.75) is 24.8 Å². The first-order valence-corrected chi connectivity index (χ1v) is 12.7. The van der Waals surface area contributed by atoms with Crippen LogP contribution in [0.1, 0.15) is 34.6 Å². The quantitative estimate of drug-likeness (QED) is 0.528. The number of piperazine rings is 1. The molecule has 33 heavy (non-hydrogen) atoms. The number of nitrogens with zero attached hydrogens (tertiary/aromatic N) is 2. The molecule has 10 nitrogen and oxygen atoms in total. The summed E-state index contributed by atoms with van der Waals surface area (Å²) in [5.41, 5.74) is 5.85. The van der Waals surface area contributed by atoms with E-state index in [1.54, 1.807) is 25.3 Å². The Balaban J connectivity index is 1.60. The fourth-order valence-electron chi connectivity index (χ4n) is 3.44. The summed E-state index contributed by atoms with van der Waals surface area (Å²) in [6.07, 6.45) is 0. The van der Waals surface area contributed by atoms with Gasteiger partial charge in [-0.1, -0.05) is 0 Å². The van der Waals surface area contributed by atoms with Crippen molar-refractivity contribution in [2.75, 3.05) is 38.1 Å². The maximum absolute atomic E-state index is 13.0. The molecule has 0 unspecified atom stereocenters. The third-order valence-corrected chi connectivity index (χ3v) is 8.11. The maximum Gasteiger partial charge on any atom is 0.338 e. The highest BCUT2D eigenvalue weighted by molar-refractivity contribution is 7.89. The first-order chi connectivity index (χ1) is 15.6. The predicted octanol–water partition coefficient (Wildman–Crippen LogP) is 1.36. The second-order valence-electron chi connectivity index (χ2n) is 7.38. The number of ether oxygens (including phenoxy) is 1. The summed E-state index contributed by atoms with van der Waals surface area (Å²) in [4.78, 5) is 37.8.